The van der Waals surface area contributed by atoms with Crippen molar-refractivity contribution in [2.45, 2.75) is 136 Å². The van der Waals surface area contributed by atoms with Crippen LogP contribution in [0.2, 0.25) is 0 Å². The van der Waals surface area contributed by atoms with Gasteiger partial charge in [-0.15, -0.1) is 0 Å². The summed E-state index contributed by atoms with van der Waals surface area (Å²) in [5.74, 6) is -0.402. The van der Waals surface area contributed by atoms with Crippen LogP contribution < -0.4 is 10.2 Å². The highest BCUT2D eigenvalue weighted by Crippen LogP contribution is 2.39. The fraction of sp³-hybridized carbons (Fsp3) is 0.969. The smallest absolute Gasteiger partial charge is 0.319 e. The molecule has 0 rings (SSSR count). The molecule has 2 unspecified atom stereocenters. The Bertz CT molecular complexity index is 661. The van der Waals surface area contributed by atoms with Gasteiger partial charge in [-0.05, 0) is 13.3 Å². The molecule has 42 heavy (non-hydrogen) atoms. The van der Waals surface area contributed by atoms with E-state index in [1.54, 1.807) is 6.92 Å². The molecule has 0 aliphatic heterocycles. The van der Waals surface area contributed by atoms with E-state index >= 15 is 0 Å². The minimum absolute atomic E-state index is 0.0293. The molecule has 0 saturated heterocycles. The minimum Gasteiger partial charge on any atom is -0.756 e. The quantitative estimate of drug-likeness (QED) is 0.0379. The number of phosphoric ester groups is 1. The van der Waals surface area contributed by atoms with Gasteiger partial charge in [-0.25, -0.2) is 0 Å². The number of esters is 1. The predicted octanol–water partition coefficient (Wildman–Crippen LogP) is 6.77. The monoisotopic (exact) mass is 622 g/mol. The van der Waals surface area contributed by atoms with Crippen LogP contribution >= 0.6 is 7.82 Å². The number of carbonyl (C=O) groups is 1. The third-order valence-corrected chi connectivity index (χ3v) is 8.24. The van der Waals surface area contributed by atoms with Crippen LogP contribution in [0.1, 0.15) is 129 Å². The molecule has 0 aromatic rings. The zero-order valence-electron chi connectivity index (χ0n) is 28.0. The zero-order valence-corrected chi connectivity index (χ0v) is 28.9. The van der Waals surface area contributed by atoms with Gasteiger partial charge in [0.25, 0.3) is 7.82 Å². The molecular weight excluding hydrogens is 555 g/mol. The normalized spacial score (nSPS) is 14.1. The largest absolute Gasteiger partial charge is 0.756 e. The van der Waals surface area contributed by atoms with Crippen molar-refractivity contribution in [3.05, 3.63) is 0 Å². The van der Waals surface area contributed by atoms with Gasteiger partial charge >= 0.3 is 5.97 Å². The highest BCUT2D eigenvalue weighted by molar-refractivity contribution is 7.45. The molecule has 0 amide bonds. The van der Waals surface area contributed by atoms with Gasteiger partial charge in [0.15, 0.2) is 0 Å². The van der Waals surface area contributed by atoms with Crippen LogP contribution in [0.15, 0.2) is 0 Å². The topological polar surface area (TPSA) is 106 Å². The molecule has 0 aliphatic carbocycles. The number of unbranched alkanes of at least 4 members (excludes halogenated alkanes) is 17. The minimum atomic E-state index is -4.50. The lowest BCUT2D eigenvalue weighted by Crippen LogP contribution is -2.38. The van der Waals surface area contributed by atoms with E-state index in [2.05, 4.69) is 12.2 Å². The highest BCUT2D eigenvalue weighted by Gasteiger charge is 2.20. The number of ether oxygens (including phenoxy) is 2. The number of hydrogen-bond acceptors (Lipinski definition) is 8. The van der Waals surface area contributed by atoms with E-state index in [0.717, 1.165) is 12.8 Å². The van der Waals surface area contributed by atoms with Gasteiger partial charge in [0.2, 0.25) is 0 Å². The second kappa shape index (κ2) is 28.0. The highest BCUT2D eigenvalue weighted by atomic mass is 31.2. The fourth-order valence-corrected chi connectivity index (χ4v) is 5.50. The molecular formula is C32H67N2O7P. The molecule has 1 N–H and O–H groups in total. The molecule has 2 atom stereocenters. The van der Waals surface area contributed by atoms with Gasteiger partial charge < -0.3 is 33.2 Å². The van der Waals surface area contributed by atoms with Gasteiger partial charge in [0.1, 0.15) is 19.3 Å². The van der Waals surface area contributed by atoms with Crippen LogP contribution in [-0.4, -0.2) is 83.8 Å². The third kappa shape index (κ3) is 30.9. The Morgan fingerprint density at radius 1 is 0.762 bits per heavy atom. The van der Waals surface area contributed by atoms with Crippen molar-refractivity contribution in [3.63, 3.8) is 0 Å². The van der Waals surface area contributed by atoms with E-state index in [0.29, 0.717) is 24.2 Å². The lowest BCUT2D eigenvalue weighted by Gasteiger charge is -2.30. The maximum absolute atomic E-state index is 12.3. The van der Waals surface area contributed by atoms with Crippen molar-refractivity contribution in [2.75, 3.05) is 67.2 Å². The number of phosphoric acid groups is 1. The Morgan fingerprint density at radius 2 is 1.24 bits per heavy atom. The lowest BCUT2D eigenvalue weighted by molar-refractivity contribution is -0.870. The Balaban J connectivity index is 3.91. The lowest BCUT2D eigenvalue weighted by atomic mass is 10.0. The molecule has 0 aromatic carbocycles. The maximum Gasteiger partial charge on any atom is 0.319 e. The van der Waals surface area contributed by atoms with Crippen LogP contribution in [0.3, 0.4) is 0 Å². The third-order valence-electron chi connectivity index (χ3n) is 7.18. The first-order valence-electron chi connectivity index (χ1n) is 17.0. The van der Waals surface area contributed by atoms with Crippen molar-refractivity contribution >= 4 is 13.8 Å². The average molecular weight is 623 g/mol. The van der Waals surface area contributed by atoms with Crippen molar-refractivity contribution in [3.8, 4) is 0 Å². The molecule has 0 aliphatic rings. The Morgan fingerprint density at radius 3 is 1.69 bits per heavy atom. The molecule has 0 spiro atoms. The number of rotatable bonds is 32. The number of likely N-dealkylation sites (N-methyl/N-ethyl adjacent to an activating group) is 1. The summed E-state index contributed by atoms with van der Waals surface area (Å²) >= 11 is 0. The van der Waals surface area contributed by atoms with Gasteiger partial charge in [-0.1, -0.05) is 116 Å². The van der Waals surface area contributed by atoms with Crippen molar-refractivity contribution in [2.24, 2.45) is 0 Å². The molecule has 0 fully saturated rings. The van der Waals surface area contributed by atoms with Crippen molar-refractivity contribution in [1.29, 1.82) is 0 Å². The first-order valence-corrected chi connectivity index (χ1v) is 18.4. The van der Waals surface area contributed by atoms with Gasteiger partial charge in [-0.3, -0.25) is 9.36 Å². The number of quaternary nitrogens is 1. The Labute approximate surface area is 259 Å². The van der Waals surface area contributed by atoms with E-state index in [9.17, 15) is 14.3 Å². The molecule has 0 bridgehead atoms. The van der Waals surface area contributed by atoms with Crippen LogP contribution in [0.5, 0.6) is 0 Å². The molecule has 9 nitrogen and oxygen atoms in total. The molecule has 0 saturated carbocycles. The van der Waals surface area contributed by atoms with E-state index in [4.69, 9.17) is 18.5 Å². The molecule has 0 aromatic heterocycles. The predicted molar refractivity (Wildman–Crippen MR) is 170 cm³/mol. The van der Waals surface area contributed by atoms with Crippen LogP contribution in [0.25, 0.3) is 0 Å². The molecule has 10 heteroatoms. The second-order valence-electron chi connectivity index (χ2n) is 12.5. The number of nitrogens with zero attached hydrogens (tertiary/aromatic N) is 1. The summed E-state index contributed by atoms with van der Waals surface area (Å²) in [7, 11) is 1.36. The fourth-order valence-electron chi connectivity index (χ4n) is 4.63. The summed E-state index contributed by atoms with van der Waals surface area (Å²) in [6.07, 6.45) is 23.1. The van der Waals surface area contributed by atoms with Crippen LogP contribution in [0, 0.1) is 0 Å². The van der Waals surface area contributed by atoms with Gasteiger partial charge in [-0.2, -0.15) is 0 Å². The Kier molecular flexibility index (Phi) is 27.6. The maximum atomic E-state index is 12.3. The number of carbonyl (C=O) groups excluding carboxylic acids is 1. The van der Waals surface area contributed by atoms with E-state index in [1.807, 2.05) is 21.1 Å². The van der Waals surface area contributed by atoms with E-state index in [1.165, 1.54) is 103 Å². The molecule has 252 valence electrons. The second-order valence-corrected chi connectivity index (χ2v) is 13.9. The van der Waals surface area contributed by atoms with Crippen molar-refractivity contribution < 1.29 is 37.3 Å². The van der Waals surface area contributed by atoms with Gasteiger partial charge in [0.05, 0.1) is 40.9 Å². The first-order chi connectivity index (χ1) is 20.1. The van der Waals surface area contributed by atoms with Crippen LogP contribution in [0.4, 0.5) is 0 Å². The van der Waals surface area contributed by atoms with Gasteiger partial charge in [0, 0.05) is 13.2 Å². The SMILES string of the molecule is CCCCCCCCCCCCCCCCCCCCOCC(CNCC(=O)OCC)OP(=O)([O-])OCC[N+](C)(C)C. The summed E-state index contributed by atoms with van der Waals surface area (Å²) < 4.78 is 33.8. The molecule has 0 radical (unpaired) electrons. The van der Waals surface area contributed by atoms with E-state index < -0.39 is 19.9 Å². The van der Waals surface area contributed by atoms with E-state index in [-0.39, 0.29) is 26.3 Å². The summed E-state index contributed by atoms with van der Waals surface area (Å²) in [4.78, 5) is 23.9. The standard InChI is InChI=1S/C32H67N2O7P/c1-6-8-9-10-11-12-13-14-15-16-17-18-19-20-21-22-23-24-26-38-30-31(28-33-29-32(35)39-7-2)41-42(36,37)40-27-25-34(3,4)5/h31,33H,6-30H2,1-5H3. The zero-order chi connectivity index (χ0) is 31.4. The summed E-state index contributed by atoms with van der Waals surface area (Å²) in [5, 5.41) is 2.89. The number of hydrogen-bond donors (Lipinski definition) is 1. The average Bonchev–Trinajstić information content (AvgIpc) is 2.91. The Hall–Kier alpha value is -0.540. The summed E-state index contributed by atoms with van der Waals surface area (Å²) in [6.45, 7) is 5.60. The molecule has 0 heterocycles. The van der Waals surface area contributed by atoms with Crippen molar-refractivity contribution in [1.82, 2.24) is 5.32 Å². The summed E-state index contributed by atoms with van der Waals surface area (Å²) in [5.41, 5.74) is 0. The van der Waals surface area contributed by atoms with Crippen LogP contribution in [-0.2, 0) is 27.9 Å². The summed E-state index contributed by atoms with van der Waals surface area (Å²) in [6, 6.07) is 0. The number of nitrogens with one attached hydrogen (secondary N) is 1. The first kappa shape index (κ1) is 41.5.